The molecular weight excluding hydrogens is 300 g/mol. The molecule has 1 aromatic heterocycles. The van der Waals surface area contributed by atoms with Crippen molar-refractivity contribution in [3.8, 4) is 0 Å². The molecule has 130 valence electrons. The van der Waals surface area contributed by atoms with Gasteiger partial charge in [0.2, 0.25) is 0 Å². The molecule has 0 aliphatic carbocycles. The van der Waals surface area contributed by atoms with E-state index in [0.29, 0.717) is 32.9 Å². The van der Waals surface area contributed by atoms with Crippen LogP contribution in [0.3, 0.4) is 0 Å². The summed E-state index contributed by atoms with van der Waals surface area (Å²) in [6.45, 7) is 5.32. The maximum Gasteiger partial charge on any atom is 0.137 e. The van der Waals surface area contributed by atoms with Crippen LogP contribution in [-0.2, 0) is 20.8 Å². The molecule has 0 spiro atoms. The van der Waals surface area contributed by atoms with E-state index in [1.54, 1.807) is 11.0 Å². The first-order valence-corrected chi connectivity index (χ1v) is 8.33. The summed E-state index contributed by atoms with van der Waals surface area (Å²) in [4.78, 5) is 6.15. The first-order valence-electron chi connectivity index (χ1n) is 8.33. The van der Waals surface area contributed by atoms with Gasteiger partial charge in [-0.25, -0.2) is 4.98 Å². The van der Waals surface area contributed by atoms with E-state index in [-0.39, 0.29) is 12.2 Å². The third-order valence-corrected chi connectivity index (χ3v) is 4.19. The Morgan fingerprint density at radius 1 is 1.30 bits per heavy atom. The normalized spacial score (nSPS) is 27.3. The molecule has 0 aromatic carbocycles. The third-order valence-electron chi connectivity index (χ3n) is 4.19. The van der Waals surface area contributed by atoms with Gasteiger partial charge in [0.15, 0.2) is 0 Å². The van der Waals surface area contributed by atoms with Crippen LogP contribution in [0.25, 0.3) is 0 Å². The Kier molecular flexibility index (Phi) is 6.35. The van der Waals surface area contributed by atoms with Crippen LogP contribution in [0.1, 0.15) is 12.8 Å². The average Bonchev–Trinajstić information content (AvgIpc) is 3.21. The van der Waals surface area contributed by atoms with Gasteiger partial charge in [-0.15, -0.1) is 0 Å². The fourth-order valence-corrected chi connectivity index (χ4v) is 3.05. The zero-order valence-electron chi connectivity index (χ0n) is 13.4. The Balaban J connectivity index is 1.33. The molecule has 0 bridgehead atoms. The molecule has 8 nitrogen and oxygen atoms in total. The zero-order valence-corrected chi connectivity index (χ0v) is 13.4. The van der Waals surface area contributed by atoms with Gasteiger partial charge in [-0.3, -0.25) is 9.58 Å². The minimum atomic E-state index is -0.485. The molecule has 2 saturated heterocycles. The Hall–Kier alpha value is -1.06. The number of nitrogens with zero attached hydrogens (tertiary/aromatic N) is 4. The lowest BCUT2D eigenvalue weighted by molar-refractivity contribution is -0.0631. The van der Waals surface area contributed by atoms with E-state index < -0.39 is 6.10 Å². The highest BCUT2D eigenvalue weighted by Crippen LogP contribution is 2.12. The van der Waals surface area contributed by atoms with Crippen LogP contribution in [0.15, 0.2) is 12.7 Å². The van der Waals surface area contributed by atoms with Crippen molar-refractivity contribution >= 4 is 0 Å². The van der Waals surface area contributed by atoms with Gasteiger partial charge < -0.3 is 19.3 Å². The molecule has 0 unspecified atom stereocenters. The first-order chi connectivity index (χ1) is 11.3. The average molecular weight is 326 g/mol. The van der Waals surface area contributed by atoms with Gasteiger partial charge in [0.1, 0.15) is 12.7 Å². The second-order valence-electron chi connectivity index (χ2n) is 6.20. The quantitative estimate of drug-likeness (QED) is 0.692. The predicted molar refractivity (Wildman–Crippen MR) is 82.0 cm³/mol. The molecule has 23 heavy (non-hydrogen) atoms. The Bertz CT molecular complexity index is 439. The van der Waals surface area contributed by atoms with Gasteiger partial charge >= 0.3 is 0 Å². The molecular formula is C15H26N4O4. The lowest BCUT2D eigenvalue weighted by atomic mass is 10.2. The Morgan fingerprint density at radius 3 is 3.00 bits per heavy atom. The molecule has 2 aliphatic rings. The van der Waals surface area contributed by atoms with E-state index in [1.807, 2.05) is 0 Å². The molecule has 0 radical (unpaired) electrons. The van der Waals surface area contributed by atoms with Crippen molar-refractivity contribution in [3.05, 3.63) is 12.7 Å². The summed E-state index contributed by atoms with van der Waals surface area (Å²) < 4.78 is 18.6. The second-order valence-corrected chi connectivity index (χ2v) is 6.20. The van der Waals surface area contributed by atoms with Gasteiger partial charge in [0.25, 0.3) is 0 Å². The summed E-state index contributed by atoms with van der Waals surface area (Å²) in [5.74, 6) is 0. The molecule has 0 saturated carbocycles. The second kappa shape index (κ2) is 8.70. The highest BCUT2D eigenvalue weighted by molar-refractivity contribution is 4.75. The molecule has 3 rings (SSSR count). The number of aliphatic hydroxyl groups excluding tert-OH is 1. The lowest BCUT2D eigenvalue weighted by Crippen LogP contribution is -2.47. The van der Waals surface area contributed by atoms with Crippen LogP contribution in [-0.4, -0.2) is 89.1 Å². The van der Waals surface area contributed by atoms with E-state index in [1.165, 1.54) is 6.33 Å². The number of ether oxygens (including phenoxy) is 3. The smallest absolute Gasteiger partial charge is 0.137 e. The number of aliphatic hydroxyl groups is 1. The van der Waals surface area contributed by atoms with Crippen molar-refractivity contribution < 1.29 is 19.3 Å². The van der Waals surface area contributed by atoms with Gasteiger partial charge in [0, 0.05) is 26.2 Å². The zero-order chi connectivity index (χ0) is 15.9. The van der Waals surface area contributed by atoms with Crippen molar-refractivity contribution in [1.29, 1.82) is 0 Å². The summed E-state index contributed by atoms with van der Waals surface area (Å²) in [5.41, 5.74) is 0. The monoisotopic (exact) mass is 326 g/mol. The minimum Gasteiger partial charge on any atom is -0.389 e. The van der Waals surface area contributed by atoms with Crippen molar-refractivity contribution in [2.24, 2.45) is 0 Å². The maximum absolute atomic E-state index is 10.1. The SMILES string of the molecule is O[C@H](COC[C@@H]1CCCO1)CN1CCO[C@H](Cn2cncn2)C1. The molecule has 3 atom stereocenters. The van der Waals surface area contributed by atoms with Crippen molar-refractivity contribution in [2.75, 3.05) is 46.1 Å². The molecule has 3 heterocycles. The third kappa shape index (κ3) is 5.50. The summed E-state index contributed by atoms with van der Waals surface area (Å²) in [6, 6.07) is 0. The number of hydrogen-bond donors (Lipinski definition) is 1. The molecule has 2 fully saturated rings. The number of rotatable bonds is 8. The van der Waals surface area contributed by atoms with Gasteiger partial charge in [0.05, 0.1) is 44.7 Å². The van der Waals surface area contributed by atoms with Crippen molar-refractivity contribution in [2.45, 2.75) is 37.7 Å². The molecule has 1 aromatic rings. The summed E-state index contributed by atoms with van der Waals surface area (Å²) in [6.07, 6.45) is 5.18. The van der Waals surface area contributed by atoms with Crippen LogP contribution >= 0.6 is 0 Å². The van der Waals surface area contributed by atoms with Crippen molar-refractivity contribution in [3.63, 3.8) is 0 Å². The van der Waals surface area contributed by atoms with E-state index in [9.17, 15) is 5.11 Å². The van der Waals surface area contributed by atoms with E-state index in [4.69, 9.17) is 14.2 Å². The summed E-state index contributed by atoms with van der Waals surface area (Å²) in [7, 11) is 0. The first kappa shape index (κ1) is 16.8. The number of morpholine rings is 1. The van der Waals surface area contributed by atoms with Crippen molar-refractivity contribution in [1.82, 2.24) is 19.7 Å². The van der Waals surface area contributed by atoms with Crippen LogP contribution < -0.4 is 0 Å². The standard InChI is InChI=1S/C15H26N4O4/c20-13(9-21-10-14-2-1-4-22-14)6-18-3-5-23-15(7-18)8-19-12-16-11-17-19/h11-15,20H,1-10H2/t13-,14-,15-/m0/s1. The summed E-state index contributed by atoms with van der Waals surface area (Å²) in [5, 5.41) is 14.2. The van der Waals surface area contributed by atoms with Gasteiger partial charge in [-0.1, -0.05) is 0 Å². The minimum absolute atomic E-state index is 0.0745. The molecule has 1 N–H and O–H groups in total. The summed E-state index contributed by atoms with van der Waals surface area (Å²) >= 11 is 0. The van der Waals surface area contributed by atoms with Gasteiger partial charge in [-0.2, -0.15) is 5.10 Å². The predicted octanol–water partition coefficient (Wildman–Crippen LogP) is -0.465. The fourth-order valence-electron chi connectivity index (χ4n) is 3.05. The van der Waals surface area contributed by atoms with Gasteiger partial charge in [-0.05, 0) is 12.8 Å². The van der Waals surface area contributed by atoms with Crippen LogP contribution in [0.2, 0.25) is 0 Å². The molecule has 8 heteroatoms. The number of β-amino-alcohol motifs (C(OH)–C–C–N with tert-alkyl or cyclic N) is 1. The largest absolute Gasteiger partial charge is 0.389 e. The Morgan fingerprint density at radius 2 is 2.22 bits per heavy atom. The topological polar surface area (TPSA) is 81.9 Å². The highest BCUT2D eigenvalue weighted by atomic mass is 16.5. The molecule has 0 amide bonds. The fraction of sp³-hybridized carbons (Fsp3) is 0.867. The maximum atomic E-state index is 10.1. The number of aromatic nitrogens is 3. The molecule has 2 aliphatic heterocycles. The Labute approximate surface area is 136 Å². The number of hydrogen-bond acceptors (Lipinski definition) is 7. The van der Waals surface area contributed by atoms with Crippen LogP contribution in [0.4, 0.5) is 0 Å². The van der Waals surface area contributed by atoms with E-state index >= 15 is 0 Å². The van der Waals surface area contributed by atoms with Crippen LogP contribution in [0, 0.1) is 0 Å². The lowest BCUT2D eigenvalue weighted by Gasteiger charge is -2.33. The van der Waals surface area contributed by atoms with Crippen LogP contribution in [0.5, 0.6) is 0 Å². The van der Waals surface area contributed by atoms with E-state index in [0.717, 1.165) is 32.5 Å². The van der Waals surface area contributed by atoms with E-state index in [2.05, 4.69) is 15.0 Å². The highest BCUT2D eigenvalue weighted by Gasteiger charge is 2.23.